The van der Waals surface area contributed by atoms with Crippen LogP contribution in [0.2, 0.25) is 5.02 Å². The van der Waals surface area contributed by atoms with Crippen molar-refractivity contribution in [1.29, 1.82) is 0 Å². The molecule has 0 aliphatic carbocycles. The summed E-state index contributed by atoms with van der Waals surface area (Å²) in [6.45, 7) is 0.606. The molecule has 1 saturated heterocycles. The number of piperidine rings is 1. The second-order valence-electron chi connectivity index (χ2n) is 7.16. The summed E-state index contributed by atoms with van der Waals surface area (Å²) in [5.41, 5.74) is -0.158. The van der Waals surface area contributed by atoms with E-state index in [0.29, 0.717) is 42.0 Å². The Morgan fingerprint density at radius 2 is 1.78 bits per heavy atom. The molecule has 0 radical (unpaired) electrons. The number of halogens is 3. The van der Waals surface area contributed by atoms with Gasteiger partial charge in [-0.2, -0.15) is 4.31 Å². The number of rotatable bonds is 5. The molecule has 12 heteroatoms. The Labute approximate surface area is 192 Å². The minimum Gasteiger partial charge on any atom is -0.317 e. The minimum atomic E-state index is -3.62. The van der Waals surface area contributed by atoms with Crippen molar-refractivity contribution in [2.45, 2.75) is 23.7 Å². The second-order valence-corrected chi connectivity index (χ2v) is 10.5. The van der Waals surface area contributed by atoms with Crippen LogP contribution in [0.3, 0.4) is 0 Å². The van der Waals surface area contributed by atoms with E-state index in [4.69, 9.17) is 11.6 Å². The third kappa shape index (κ3) is 4.80. The van der Waals surface area contributed by atoms with E-state index >= 15 is 0 Å². The van der Waals surface area contributed by atoms with E-state index in [1.54, 1.807) is 0 Å². The predicted molar refractivity (Wildman–Crippen MR) is 116 cm³/mol. The highest BCUT2D eigenvalue weighted by Crippen LogP contribution is 2.32. The summed E-state index contributed by atoms with van der Waals surface area (Å²) in [4.78, 5) is 12.5. The van der Waals surface area contributed by atoms with Gasteiger partial charge in [-0.15, -0.1) is 10.2 Å². The lowest BCUT2D eigenvalue weighted by Crippen LogP contribution is -2.37. The molecule has 0 bridgehead atoms. The number of carbonyl (C=O) groups is 1. The number of nitrogens with one attached hydrogen (secondary N) is 1. The van der Waals surface area contributed by atoms with E-state index in [1.807, 2.05) is 0 Å². The van der Waals surface area contributed by atoms with Crippen LogP contribution in [-0.4, -0.2) is 41.9 Å². The number of hydrogen-bond donors (Lipinski definition) is 1. The van der Waals surface area contributed by atoms with Gasteiger partial charge in [0, 0.05) is 30.1 Å². The van der Waals surface area contributed by atoms with Crippen LogP contribution >= 0.6 is 22.9 Å². The maximum absolute atomic E-state index is 13.8. The molecule has 0 saturated carbocycles. The van der Waals surface area contributed by atoms with Crippen LogP contribution in [0.1, 0.15) is 33.6 Å². The van der Waals surface area contributed by atoms with Crippen molar-refractivity contribution in [1.82, 2.24) is 14.5 Å². The van der Waals surface area contributed by atoms with Crippen LogP contribution in [0.5, 0.6) is 0 Å². The van der Waals surface area contributed by atoms with Crippen LogP contribution in [0.4, 0.5) is 14.5 Å². The van der Waals surface area contributed by atoms with Crippen molar-refractivity contribution in [3.05, 3.63) is 69.1 Å². The van der Waals surface area contributed by atoms with Gasteiger partial charge in [0.05, 0.1) is 10.6 Å². The van der Waals surface area contributed by atoms with E-state index in [0.717, 1.165) is 23.5 Å². The third-order valence-corrected chi connectivity index (χ3v) is 8.32. The van der Waals surface area contributed by atoms with Gasteiger partial charge in [-0.3, -0.25) is 4.79 Å². The fourth-order valence-corrected chi connectivity index (χ4v) is 5.86. The number of amides is 1. The smallest absolute Gasteiger partial charge is 0.286 e. The first kappa shape index (κ1) is 22.7. The Bertz CT molecular complexity index is 1240. The van der Waals surface area contributed by atoms with Gasteiger partial charge in [-0.05, 0) is 49.2 Å². The second kappa shape index (κ2) is 9.18. The van der Waals surface area contributed by atoms with Crippen LogP contribution in [-0.2, 0) is 10.0 Å². The van der Waals surface area contributed by atoms with E-state index in [9.17, 15) is 22.0 Å². The summed E-state index contributed by atoms with van der Waals surface area (Å²) in [7, 11) is -3.62. The van der Waals surface area contributed by atoms with Crippen molar-refractivity contribution in [2.75, 3.05) is 18.4 Å². The SMILES string of the molecule is O=C(Nc1ccc(F)cc1F)c1nnc(C2CCN(S(=O)(=O)c3ccc(Cl)cc3)CC2)s1. The normalized spacial score (nSPS) is 15.6. The lowest BCUT2D eigenvalue weighted by atomic mass is 9.99. The maximum Gasteiger partial charge on any atom is 0.286 e. The number of anilines is 1. The van der Waals surface area contributed by atoms with Crippen molar-refractivity contribution >= 4 is 44.6 Å². The lowest BCUT2D eigenvalue weighted by molar-refractivity contribution is 0.102. The largest absolute Gasteiger partial charge is 0.317 e. The van der Waals surface area contributed by atoms with Crippen LogP contribution in [0, 0.1) is 11.6 Å². The first-order chi connectivity index (χ1) is 15.2. The van der Waals surface area contributed by atoms with E-state index in [2.05, 4.69) is 15.5 Å². The third-order valence-electron chi connectivity index (χ3n) is 5.07. The summed E-state index contributed by atoms with van der Waals surface area (Å²) in [5.74, 6) is -2.34. The topological polar surface area (TPSA) is 92.3 Å². The zero-order valence-corrected chi connectivity index (χ0v) is 18.9. The average Bonchev–Trinajstić information content (AvgIpc) is 3.27. The summed E-state index contributed by atoms with van der Waals surface area (Å²) >= 11 is 6.90. The molecule has 1 aliphatic heterocycles. The number of carbonyl (C=O) groups excluding carboxylic acids is 1. The molecular formula is C20H17ClF2N4O3S2. The van der Waals surface area contributed by atoms with Gasteiger partial charge in [0.2, 0.25) is 15.0 Å². The highest BCUT2D eigenvalue weighted by molar-refractivity contribution is 7.89. The average molecular weight is 499 g/mol. The summed E-state index contributed by atoms with van der Waals surface area (Å²) in [5, 5.41) is 11.4. The Balaban J connectivity index is 1.39. The van der Waals surface area contributed by atoms with E-state index < -0.39 is 27.6 Å². The van der Waals surface area contributed by atoms with Gasteiger partial charge in [0.25, 0.3) is 5.91 Å². The number of benzene rings is 2. The Hall–Kier alpha value is -2.47. The van der Waals surface area contributed by atoms with Crippen LogP contribution in [0.15, 0.2) is 47.4 Å². The van der Waals surface area contributed by atoms with Crippen molar-refractivity contribution in [3.63, 3.8) is 0 Å². The Morgan fingerprint density at radius 1 is 1.09 bits per heavy atom. The summed E-state index contributed by atoms with van der Waals surface area (Å²) in [6, 6.07) is 8.86. The molecule has 4 rings (SSSR count). The van der Waals surface area contributed by atoms with Crippen molar-refractivity contribution in [2.24, 2.45) is 0 Å². The molecule has 2 aromatic carbocycles. The maximum atomic E-state index is 13.8. The van der Waals surface area contributed by atoms with Crippen LogP contribution < -0.4 is 5.32 Å². The van der Waals surface area contributed by atoms with Gasteiger partial charge in [-0.1, -0.05) is 22.9 Å². The molecule has 1 N–H and O–H groups in total. The highest BCUT2D eigenvalue weighted by Gasteiger charge is 2.31. The molecule has 7 nitrogen and oxygen atoms in total. The van der Waals surface area contributed by atoms with Gasteiger partial charge >= 0.3 is 0 Å². The zero-order chi connectivity index (χ0) is 22.9. The molecule has 1 fully saturated rings. The Morgan fingerprint density at radius 3 is 2.44 bits per heavy atom. The van der Waals surface area contributed by atoms with Crippen LogP contribution in [0.25, 0.3) is 0 Å². The molecule has 3 aromatic rings. The minimum absolute atomic E-state index is 0.0416. The molecule has 168 valence electrons. The molecule has 1 aromatic heterocycles. The molecule has 0 spiro atoms. The molecule has 0 atom stereocenters. The van der Waals surface area contributed by atoms with Crippen molar-refractivity contribution < 1.29 is 22.0 Å². The Kier molecular flexibility index (Phi) is 6.52. The monoisotopic (exact) mass is 498 g/mol. The standard InChI is InChI=1S/C20H17ClF2N4O3S2/c21-13-1-4-15(5-2-13)32(29,30)27-9-7-12(8-10-27)19-25-26-20(31-19)18(28)24-17-6-3-14(22)11-16(17)23/h1-6,11-12H,7-10H2,(H,24,28). The first-order valence-corrected chi connectivity index (χ1v) is 12.2. The number of sulfonamides is 1. The fraction of sp³-hybridized carbons (Fsp3) is 0.250. The number of hydrogen-bond acceptors (Lipinski definition) is 6. The van der Waals surface area contributed by atoms with E-state index in [-0.39, 0.29) is 21.5 Å². The number of nitrogens with zero attached hydrogens (tertiary/aromatic N) is 3. The van der Waals surface area contributed by atoms with Gasteiger partial charge in [-0.25, -0.2) is 17.2 Å². The zero-order valence-electron chi connectivity index (χ0n) is 16.5. The number of aromatic nitrogens is 2. The molecule has 1 aliphatic rings. The van der Waals surface area contributed by atoms with Gasteiger partial charge in [0.1, 0.15) is 16.6 Å². The molecular weight excluding hydrogens is 482 g/mol. The molecule has 32 heavy (non-hydrogen) atoms. The van der Waals surface area contributed by atoms with Crippen molar-refractivity contribution in [3.8, 4) is 0 Å². The summed E-state index contributed by atoms with van der Waals surface area (Å²) in [6.07, 6.45) is 1.05. The highest BCUT2D eigenvalue weighted by atomic mass is 35.5. The molecule has 1 amide bonds. The predicted octanol–water partition coefficient (Wildman–Crippen LogP) is 4.29. The summed E-state index contributed by atoms with van der Waals surface area (Å²) < 4.78 is 53.8. The first-order valence-electron chi connectivity index (χ1n) is 9.59. The quantitative estimate of drug-likeness (QED) is 0.566. The van der Waals surface area contributed by atoms with E-state index in [1.165, 1.54) is 28.6 Å². The lowest BCUT2D eigenvalue weighted by Gasteiger charge is -2.30. The molecule has 0 unspecified atom stereocenters. The van der Waals surface area contributed by atoms with Gasteiger partial charge < -0.3 is 5.32 Å². The molecule has 2 heterocycles. The van der Waals surface area contributed by atoms with Gasteiger partial charge in [0.15, 0.2) is 0 Å². The fourth-order valence-electron chi connectivity index (χ4n) is 3.36.